The molecule has 90 valence electrons. The van der Waals surface area contributed by atoms with Crippen molar-refractivity contribution < 1.29 is 4.74 Å². The third kappa shape index (κ3) is 2.06. The lowest BCUT2D eigenvalue weighted by Gasteiger charge is -2.05. The van der Waals surface area contributed by atoms with E-state index in [2.05, 4.69) is 9.97 Å². The van der Waals surface area contributed by atoms with Gasteiger partial charge in [-0.1, -0.05) is 12.1 Å². The smallest absolute Gasteiger partial charge is 0.109 e. The molecule has 1 fully saturated rings. The normalized spacial score (nSPS) is 20.2. The van der Waals surface area contributed by atoms with Crippen molar-refractivity contribution in [1.29, 1.82) is 0 Å². The molecule has 0 spiro atoms. The third-order valence-corrected chi connectivity index (χ3v) is 3.31. The van der Waals surface area contributed by atoms with Crippen LogP contribution in [0.25, 0.3) is 11.0 Å². The number of aromatic amines is 1. The molecule has 2 aromatic rings. The van der Waals surface area contributed by atoms with Gasteiger partial charge in [0.25, 0.3) is 0 Å². The van der Waals surface area contributed by atoms with Gasteiger partial charge >= 0.3 is 0 Å². The number of aromatic nitrogens is 2. The second kappa shape index (κ2) is 4.47. The molecule has 1 aliphatic rings. The molecule has 3 rings (SSSR count). The number of H-pyrrole nitrogens is 1. The van der Waals surface area contributed by atoms with Crippen LogP contribution in [0.4, 0.5) is 0 Å². The Hall–Kier alpha value is -1.39. The molecule has 2 heterocycles. The zero-order valence-electron chi connectivity index (χ0n) is 9.78. The maximum absolute atomic E-state index is 5.71. The van der Waals surface area contributed by atoms with Crippen LogP contribution in [-0.2, 0) is 17.7 Å². The van der Waals surface area contributed by atoms with E-state index in [4.69, 9.17) is 10.5 Å². The molecule has 4 nitrogen and oxygen atoms in total. The molecule has 1 unspecified atom stereocenters. The molecule has 17 heavy (non-hydrogen) atoms. The summed E-state index contributed by atoms with van der Waals surface area (Å²) in [6, 6.07) is 6.08. The van der Waals surface area contributed by atoms with Gasteiger partial charge < -0.3 is 15.5 Å². The maximum atomic E-state index is 5.71. The zero-order chi connectivity index (χ0) is 11.7. The van der Waals surface area contributed by atoms with E-state index in [0.717, 1.165) is 41.9 Å². The van der Waals surface area contributed by atoms with Crippen molar-refractivity contribution in [1.82, 2.24) is 9.97 Å². The Morgan fingerprint density at radius 2 is 2.41 bits per heavy atom. The summed E-state index contributed by atoms with van der Waals surface area (Å²) in [7, 11) is 0. The molecule has 4 heteroatoms. The minimum absolute atomic E-state index is 0.330. The number of rotatable bonds is 3. The highest BCUT2D eigenvalue weighted by atomic mass is 16.5. The second-order valence-corrected chi connectivity index (χ2v) is 4.54. The van der Waals surface area contributed by atoms with Gasteiger partial charge in [0.15, 0.2) is 0 Å². The van der Waals surface area contributed by atoms with Crippen LogP contribution in [0.1, 0.15) is 24.2 Å². The average Bonchev–Trinajstić information content (AvgIpc) is 2.97. The monoisotopic (exact) mass is 231 g/mol. The Bertz CT molecular complexity index is 514. The van der Waals surface area contributed by atoms with Gasteiger partial charge in [0.2, 0.25) is 0 Å². The largest absolute Gasteiger partial charge is 0.378 e. The van der Waals surface area contributed by atoms with Gasteiger partial charge in [-0.15, -0.1) is 0 Å². The molecule has 1 aliphatic heterocycles. The van der Waals surface area contributed by atoms with Crippen molar-refractivity contribution in [3.8, 4) is 0 Å². The minimum Gasteiger partial charge on any atom is -0.378 e. The van der Waals surface area contributed by atoms with E-state index in [9.17, 15) is 0 Å². The van der Waals surface area contributed by atoms with E-state index in [1.54, 1.807) is 0 Å². The van der Waals surface area contributed by atoms with Gasteiger partial charge in [0.1, 0.15) is 5.82 Å². The van der Waals surface area contributed by atoms with Gasteiger partial charge in [-0.05, 0) is 24.5 Å². The summed E-state index contributed by atoms with van der Waals surface area (Å²) < 4.78 is 5.62. The first kappa shape index (κ1) is 10.7. The van der Waals surface area contributed by atoms with Crippen LogP contribution in [0.15, 0.2) is 18.2 Å². The third-order valence-electron chi connectivity index (χ3n) is 3.31. The molecule has 0 amide bonds. The predicted octanol–water partition coefficient (Wildman–Crippen LogP) is 1.74. The first-order chi connectivity index (χ1) is 8.36. The summed E-state index contributed by atoms with van der Waals surface area (Å²) in [6.45, 7) is 1.42. The molecule has 0 aliphatic carbocycles. The van der Waals surface area contributed by atoms with E-state index in [0.29, 0.717) is 12.6 Å². The summed E-state index contributed by atoms with van der Waals surface area (Å²) in [5, 5.41) is 0. The van der Waals surface area contributed by atoms with Gasteiger partial charge in [0, 0.05) is 19.6 Å². The lowest BCUT2D eigenvalue weighted by atomic mass is 10.2. The minimum atomic E-state index is 0.330. The highest BCUT2D eigenvalue weighted by Crippen LogP contribution is 2.20. The number of nitrogens with one attached hydrogen (secondary N) is 1. The zero-order valence-corrected chi connectivity index (χ0v) is 9.78. The first-order valence-electron chi connectivity index (χ1n) is 6.15. The van der Waals surface area contributed by atoms with Crippen LogP contribution in [0.2, 0.25) is 0 Å². The maximum Gasteiger partial charge on any atom is 0.109 e. The number of nitrogens with zero attached hydrogens (tertiary/aromatic N) is 1. The number of fused-ring (bicyclic) bond motifs is 1. The van der Waals surface area contributed by atoms with Gasteiger partial charge in [-0.3, -0.25) is 0 Å². The molecule has 0 radical (unpaired) electrons. The predicted molar refractivity (Wildman–Crippen MR) is 66.7 cm³/mol. The number of nitrogens with two attached hydrogens (primary N) is 1. The number of hydrogen-bond acceptors (Lipinski definition) is 3. The summed E-state index contributed by atoms with van der Waals surface area (Å²) >= 11 is 0. The Morgan fingerprint density at radius 3 is 3.18 bits per heavy atom. The number of imidazole rings is 1. The van der Waals surface area contributed by atoms with E-state index in [-0.39, 0.29) is 0 Å². The van der Waals surface area contributed by atoms with E-state index >= 15 is 0 Å². The summed E-state index contributed by atoms with van der Waals surface area (Å²) in [5.41, 5.74) is 8.88. The molecule has 3 N–H and O–H groups in total. The van der Waals surface area contributed by atoms with Crippen molar-refractivity contribution in [2.24, 2.45) is 5.73 Å². The molecule has 1 aromatic carbocycles. The standard InChI is InChI=1S/C13H17N3O/c14-8-9-3-1-5-11-13(9)16-12(15-11)7-10-4-2-6-17-10/h1,3,5,10H,2,4,6-8,14H2,(H,15,16). The summed E-state index contributed by atoms with van der Waals surface area (Å²) in [5.74, 6) is 1.01. The molecule has 0 saturated carbocycles. The Balaban J connectivity index is 1.90. The molecular formula is C13H17N3O. The van der Waals surface area contributed by atoms with Crippen molar-refractivity contribution in [3.05, 3.63) is 29.6 Å². The molecule has 0 bridgehead atoms. The van der Waals surface area contributed by atoms with Crippen LogP contribution in [0.3, 0.4) is 0 Å². The lowest BCUT2D eigenvalue weighted by Crippen LogP contribution is -2.09. The number of para-hydroxylation sites is 1. The highest BCUT2D eigenvalue weighted by Gasteiger charge is 2.18. The van der Waals surface area contributed by atoms with Crippen molar-refractivity contribution in [3.63, 3.8) is 0 Å². The Morgan fingerprint density at radius 1 is 1.47 bits per heavy atom. The van der Waals surface area contributed by atoms with Crippen molar-refractivity contribution in [2.45, 2.75) is 31.9 Å². The van der Waals surface area contributed by atoms with Crippen LogP contribution in [-0.4, -0.2) is 22.7 Å². The SMILES string of the molecule is NCc1cccc2[nH]c(CC3CCCO3)nc12. The van der Waals surface area contributed by atoms with E-state index in [1.807, 2.05) is 18.2 Å². The van der Waals surface area contributed by atoms with Gasteiger partial charge in [-0.25, -0.2) is 4.98 Å². The average molecular weight is 231 g/mol. The lowest BCUT2D eigenvalue weighted by molar-refractivity contribution is 0.110. The second-order valence-electron chi connectivity index (χ2n) is 4.54. The fraction of sp³-hybridized carbons (Fsp3) is 0.462. The molecular weight excluding hydrogens is 214 g/mol. The fourth-order valence-electron chi connectivity index (χ4n) is 2.42. The van der Waals surface area contributed by atoms with Crippen LogP contribution < -0.4 is 5.73 Å². The topological polar surface area (TPSA) is 63.9 Å². The van der Waals surface area contributed by atoms with Gasteiger partial charge in [0.05, 0.1) is 17.1 Å². The van der Waals surface area contributed by atoms with Crippen LogP contribution >= 0.6 is 0 Å². The molecule has 1 aromatic heterocycles. The molecule has 1 saturated heterocycles. The summed E-state index contributed by atoms with van der Waals surface area (Å²) in [6.07, 6.45) is 3.51. The number of benzene rings is 1. The molecule has 1 atom stereocenters. The van der Waals surface area contributed by atoms with E-state index < -0.39 is 0 Å². The van der Waals surface area contributed by atoms with Crippen molar-refractivity contribution >= 4 is 11.0 Å². The Labute approximate surface area is 100 Å². The van der Waals surface area contributed by atoms with Crippen LogP contribution in [0.5, 0.6) is 0 Å². The van der Waals surface area contributed by atoms with Crippen LogP contribution in [0, 0.1) is 0 Å². The van der Waals surface area contributed by atoms with Gasteiger partial charge in [-0.2, -0.15) is 0 Å². The fourth-order valence-corrected chi connectivity index (χ4v) is 2.42. The van der Waals surface area contributed by atoms with Crippen molar-refractivity contribution in [2.75, 3.05) is 6.61 Å². The quantitative estimate of drug-likeness (QED) is 0.845. The number of ether oxygens (including phenoxy) is 1. The Kier molecular flexibility index (Phi) is 2.82. The summed E-state index contributed by atoms with van der Waals surface area (Å²) in [4.78, 5) is 7.98. The first-order valence-corrected chi connectivity index (χ1v) is 6.15. The highest BCUT2D eigenvalue weighted by molar-refractivity contribution is 5.78. The number of hydrogen-bond donors (Lipinski definition) is 2. The van der Waals surface area contributed by atoms with E-state index in [1.165, 1.54) is 6.42 Å².